The summed E-state index contributed by atoms with van der Waals surface area (Å²) in [6.45, 7) is 9.64. The van der Waals surface area contributed by atoms with Gasteiger partial charge in [-0.15, -0.1) is 0 Å². The van der Waals surface area contributed by atoms with Gasteiger partial charge in [0.15, 0.2) is 0 Å². The van der Waals surface area contributed by atoms with E-state index in [-0.39, 0.29) is 0 Å². The summed E-state index contributed by atoms with van der Waals surface area (Å²) in [4.78, 5) is 2.40. The number of hydrogen-bond acceptors (Lipinski definition) is 2. The Hall–Kier alpha value is -0.280. The average Bonchev–Trinajstić information content (AvgIpc) is 2.38. The lowest BCUT2D eigenvalue weighted by molar-refractivity contribution is 0.303. The van der Waals surface area contributed by atoms with E-state index in [2.05, 4.69) is 24.1 Å². The summed E-state index contributed by atoms with van der Waals surface area (Å²) in [6.07, 6.45) is 0.914. The van der Waals surface area contributed by atoms with E-state index in [0.717, 1.165) is 54.8 Å². The van der Waals surface area contributed by atoms with E-state index in [1.165, 1.54) is 0 Å². The molecule has 0 bridgehead atoms. The van der Waals surface area contributed by atoms with E-state index in [1.54, 1.807) is 0 Å². The highest BCUT2D eigenvalue weighted by Crippen LogP contribution is 2.20. The van der Waals surface area contributed by atoms with E-state index in [1.807, 2.05) is 18.2 Å². The van der Waals surface area contributed by atoms with Crippen LogP contribution in [-0.4, -0.2) is 37.6 Å². The van der Waals surface area contributed by atoms with Crippen LogP contribution in [0.4, 0.5) is 0 Å². The van der Waals surface area contributed by atoms with Gasteiger partial charge in [-0.1, -0.05) is 37.0 Å². The van der Waals surface area contributed by atoms with Crippen molar-refractivity contribution in [2.75, 3.05) is 32.7 Å². The fraction of sp³-hybridized carbons (Fsp3) is 0.571. The number of rotatable bonds is 8. The second-order valence-corrected chi connectivity index (χ2v) is 5.11. The van der Waals surface area contributed by atoms with Crippen LogP contribution < -0.4 is 5.32 Å². The zero-order valence-electron chi connectivity index (χ0n) is 11.2. The van der Waals surface area contributed by atoms with E-state index in [0.29, 0.717) is 0 Å². The third kappa shape index (κ3) is 5.57. The molecule has 2 nitrogen and oxygen atoms in total. The van der Waals surface area contributed by atoms with Gasteiger partial charge >= 0.3 is 0 Å². The van der Waals surface area contributed by atoms with Crippen molar-refractivity contribution in [2.24, 2.45) is 0 Å². The monoisotopic (exact) mass is 288 g/mol. The van der Waals surface area contributed by atoms with Crippen LogP contribution in [0.5, 0.6) is 0 Å². The van der Waals surface area contributed by atoms with Crippen molar-refractivity contribution in [3.05, 3.63) is 33.8 Å². The summed E-state index contributed by atoms with van der Waals surface area (Å²) in [5, 5.41) is 4.98. The van der Waals surface area contributed by atoms with Crippen molar-refractivity contribution < 1.29 is 0 Å². The molecular weight excluding hydrogens is 267 g/mol. The molecule has 0 saturated heterocycles. The van der Waals surface area contributed by atoms with Crippen molar-refractivity contribution in [3.8, 4) is 0 Å². The van der Waals surface area contributed by atoms with Crippen LogP contribution in [0.2, 0.25) is 10.0 Å². The minimum atomic E-state index is 0.748. The molecule has 0 spiro atoms. The summed E-state index contributed by atoms with van der Waals surface area (Å²) < 4.78 is 0. The van der Waals surface area contributed by atoms with Crippen LogP contribution in [-0.2, 0) is 6.42 Å². The van der Waals surface area contributed by atoms with Gasteiger partial charge in [0.25, 0.3) is 0 Å². The molecule has 0 unspecified atom stereocenters. The number of nitrogens with zero attached hydrogens (tertiary/aromatic N) is 1. The Morgan fingerprint density at radius 2 is 1.83 bits per heavy atom. The lowest BCUT2D eigenvalue weighted by Crippen LogP contribution is -2.32. The first kappa shape index (κ1) is 15.8. The Balaban J connectivity index is 2.23. The van der Waals surface area contributed by atoms with Gasteiger partial charge in [0.1, 0.15) is 0 Å². The van der Waals surface area contributed by atoms with Gasteiger partial charge in [-0.05, 0) is 49.8 Å². The standard InChI is InChI=1S/C14H22Cl2N2/c1-3-18(4-2)10-9-17-8-7-12-11-13(15)5-6-14(12)16/h5-6,11,17H,3-4,7-10H2,1-2H3. The highest BCUT2D eigenvalue weighted by Gasteiger charge is 2.02. The van der Waals surface area contributed by atoms with Crippen LogP contribution in [0.15, 0.2) is 18.2 Å². The minimum absolute atomic E-state index is 0.748. The zero-order chi connectivity index (χ0) is 13.4. The minimum Gasteiger partial charge on any atom is -0.315 e. The van der Waals surface area contributed by atoms with Gasteiger partial charge < -0.3 is 10.2 Å². The summed E-state index contributed by atoms with van der Waals surface area (Å²) in [7, 11) is 0. The van der Waals surface area contributed by atoms with Crippen molar-refractivity contribution >= 4 is 23.2 Å². The molecule has 0 aromatic heterocycles. The van der Waals surface area contributed by atoms with Crippen LogP contribution in [0.1, 0.15) is 19.4 Å². The van der Waals surface area contributed by atoms with Crippen LogP contribution in [0.25, 0.3) is 0 Å². The summed E-state index contributed by atoms with van der Waals surface area (Å²) in [5.41, 5.74) is 1.11. The van der Waals surface area contributed by atoms with Crippen molar-refractivity contribution in [1.82, 2.24) is 10.2 Å². The highest BCUT2D eigenvalue weighted by molar-refractivity contribution is 6.33. The van der Waals surface area contributed by atoms with Crippen LogP contribution >= 0.6 is 23.2 Å². The molecule has 0 fully saturated rings. The molecule has 1 aromatic carbocycles. The fourth-order valence-corrected chi connectivity index (χ4v) is 2.27. The van der Waals surface area contributed by atoms with Crippen LogP contribution in [0, 0.1) is 0 Å². The maximum atomic E-state index is 6.11. The van der Waals surface area contributed by atoms with Gasteiger partial charge in [0.05, 0.1) is 0 Å². The molecule has 0 atom stereocenters. The number of benzene rings is 1. The molecule has 0 aliphatic rings. The molecule has 18 heavy (non-hydrogen) atoms. The van der Waals surface area contributed by atoms with Gasteiger partial charge in [0, 0.05) is 23.1 Å². The molecule has 0 heterocycles. The number of halogens is 2. The number of hydrogen-bond donors (Lipinski definition) is 1. The van der Waals surface area contributed by atoms with E-state index in [9.17, 15) is 0 Å². The molecule has 0 radical (unpaired) electrons. The lowest BCUT2D eigenvalue weighted by Gasteiger charge is -2.18. The van der Waals surface area contributed by atoms with E-state index < -0.39 is 0 Å². The first-order valence-electron chi connectivity index (χ1n) is 6.54. The van der Waals surface area contributed by atoms with E-state index >= 15 is 0 Å². The summed E-state index contributed by atoms with van der Waals surface area (Å²) >= 11 is 12.1. The van der Waals surface area contributed by atoms with Gasteiger partial charge in [-0.25, -0.2) is 0 Å². The second-order valence-electron chi connectivity index (χ2n) is 4.26. The third-order valence-corrected chi connectivity index (χ3v) is 3.68. The first-order valence-corrected chi connectivity index (χ1v) is 7.30. The predicted octanol–water partition coefficient (Wildman–Crippen LogP) is 3.47. The molecular formula is C14H22Cl2N2. The smallest absolute Gasteiger partial charge is 0.0439 e. The molecule has 1 rings (SSSR count). The maximum Gasteiger partial charge on any atom is 0.0439 e. The van der Waals surface area contributed by atoms with Crippen molar-refractivity contribution in [1.29, 1.82) is 0 Å². The number of likely N-dealkylation sites (N-methyl/N-ethyl adjacent to an activating group) is 1. The summed E-state index contributed by atoms with van der Waals surface area (Å²) in [5.74, 6) is 0. The largest absolute Gasteiger partial charge is 0.315 e. The molecule has 0 aliphatic heterocycles. The number of nitrogens with one attached hydrogen (secondary N) is 1. The van der Waals surface area contributed by atoms with Gasteiger partial charge in [-0.2, -0.15) is 0 Å². The second kappa shape index (κ2) is 8.76. The molecule has 0 aliphatic carbocycles. The Kier molecular flexibility index (Phi) is 7.68. The average molecular weight is 289 g/mol. The summed E-state index contributed by atoms with van der Waals surface area (Å²) in [6, 6.07) is 5.62. The van der Waals surface area contributed by atoms with Crippen molar-refractivity contribution in [3.63, 3.8) is 0 Å². The zero-order valence-corrected chi connectivity index (χ0v) is 12.7. The quantitative estimate of drug-likeness (QED) is 0.737. The molecule has 1 N–H and O–H groups in total. The molecule has 0 saturated carbocycles. The molecule has 1 aromatic rings. The Morgan fingerprint density at radius 3 is 2.50 bits per heavy atom. The topological polar surface area (TPSA) is 15.3 Å². The van der Waals surface area contributed by atoms with Gasteiger partial charge in [-0.3, -0.25) is 0 Å². The Bertz CT molecular complexity index is 352. The molecule has 0 amide bonds. The first-order chi connectivity index (χ1) is 8.67. The predicted molar refractivity (Wildman–Crippen MR) is 80.8 cm³/mol. The molecule has 4 heteroatoms. The fourth-order valence-electron chi connectivity index (χ4n) is 1.86. The highest BCUT2D eigenvalue weighted by atomic mass is 35.5. The van der Waals surface area contributed by atoms with Gasteiger partial charge in [0.2, 0.25) is 0 Å². The SMILES string of the molecule is CCN(CC)CCNCCc1cc(Cl)ccc1Cl. The Morgan fingerprint density at radius 1 is 1.11 bits per heavy atom. The molecule has 102 valence electrons. The van der Waals surface area contributed by atoms with Crippen molar-refractivity contribution in [2.45, 2.75) is 20.3 Å². The maximum absolute atomic E-state index is 6.11. The lowest BCUT2D eigenvalue weighted by atomic mass is 10.1. The third-order valence-electron chi connectivity index (χ3n) is 3.08. The Labute approximate surface area is 120 Å². The normalized spacial score (nSPS) is 11.2. The van der Waals surface area contributed by atoms with Crippen LogP contribution in [0.3, 0.4) is 0 Å². The van der Waals surface area contributed by atoms with E-state index in [4.69, 9.17) is 23.2 Å².